The van der Waals surface area contributed by atoms with Gasteiger partial charge in [0, 0.05) is 35.3 Å². The van der Waals surface area contributed by atoms with Crippen molar-refractivity contribution in [2.24, 2.45) is 10.2 Å². The van der Waals surface area contributed by atoms with E-state index in [1.54, 1.807) is 86.6 Å². The van der Waals surface area contributed by atoms with Crippen LogP contribution >= 0.6 is 0 Å². The van der Waals surface area contributed by atoms with Crippen LogP contribution in [0.25, 0.3) is 0 Å². The summed E-state index contributed by atoms with van der Waals surface area (Å²) in [6.45, 7) is 3.52. The molecular formula is C28H28N6O4. The average molecular weight is 513 g/mol. The number of hydrogen-bond donors (Lipinski definition) is 4. The van der Waals surface area contributed by atoms with Crippen molar-refractivity contribution in [1.29, 1.82) is 0 Å². The Bertz CT molecular complexity index is 1230. The summed E-state index contributed by atoms with van der Waals surface area (Å²) in [5.41, 5.74) is 8.47. The fraction of sp³-hybridized carbons (Fsp3) is 0.143. The molecule has 4 amide bonds. The highest BCUT2D eigenvalue weighted by Gasteiger charge is 2.06. The molecule has 3 rings (SSSR count). The molecule has 0 aliphatic rings. The van der Waals surface area contributed by atoms with Crippen LogP contribution in [0.2, 0.25) is 0 Å². The summed E-state index contributed by atoms with van der Waals surface area (Å²) in [5.74, 6) is -0.963. The van der Waals surface area contributed by atoms with Crippen LogP contribution in [-0.2, 0) is 9.59 Å². The topological polar surface area (TPSA) is 141 Å². The van der Waals surface area contributed by atoms with Gasteiger partial charge in [-0.05, 0) is 59.7 Å². The molecule has 0 aliphatic carbocycles. The summed E-state index contributed by atoms with van der Waals surface area (Å²) in [5, 5.41) is 13.4. The third-order valence-corrected chi connectivity index (χ3v) is 5.20. The van der Waals surface area contributed by atoms with E-state index in [9.17, 15) is 19.2 Å². The molecule has 3 aromatic carbocycles. The minimum absolute atomic E-state index is 0.101. The molecule has 10 nitrogen and oxygen atoms in total. The summed E-state index contributed by atoms with van der Waals surface area (Å²) in [6.07, 6.45) is 3.75. The summed E-state index contributed by atoms with van der Waals surface area (Å²) >= 11 is 0. The van der Waals surface area contributed by atoms with Crippen LogP contribution in [-0.4, -0.2) is 36.1 Å². The van der Waals surface area contributed by atoms with Crippen molar-refractivity contribution in [1.82, 2.24) is 10.9 Å². The van der Waals surface area contributed by atoms with Crippen molar-refractivity contribution in [3.8, 4) is 0 Å². The third-order valence-electron chi connectivity index (χ3n) is 5.20. The molecule has 0 radical (unpaired) electrons. The largest absolute Gasteiger partial charge is 0.326 e. The second kappa shape index (κ2) is 13.8. The first-order chi connectivity index (χ1) is 18.4. The molecule has 194 valence electrons. The monoisotopic (exact) mass is 512 g/mol. The van der Waals surface area contributed by atoms with Gasteiger partial charge in [-0.3, -0.25) is 19.2 Å². The lowest BCUT2D eigenvalue weighted by atomic mass is 10.2. The number of benzene rings is 3. The molecule has 10 heteroatoms. The van der Waals surface area contributed by atoms with Crippen LogP contribution in [0.4, 0.5) is 11.4 Å². The van der Waals surface area contributed by atoms with E-state index in [4.69, 9.17) is 0 Å². The highest BCUT2D eigenvalue weighted by molar-refractivity contribution is 5.97. The molecule has 0 bridgehead atoms. The standard InChI is InChI=1S/C28H28N6O4/c1-3-25(35)31-23-13-9-21(10-14-23)27(37)33-29-17-19-5-7-20(8-6-19)18-30-34-28(38)22-11-15-24(16-12-22)32-26(36)4-2/h5-18H,3-4H2,1-2H3,(H,31,35)(H,32,36)(H,33,37)(H,34,38)/b29-17+,30-18+. The zero-order valence-corrected chi connectivity index (χ0v) is 21.0. The zero-order valence-electron chi connectivity index (χ0n) is 21.0. The quantitative estimate of drug-likeness (QED) is 0.241. The summed E-state index contributed by atoms with van der Waals surface area (Å²) in [7, 11) is 0. The lowest BCUT2D eigenvalue weighted by molar-refractivity contribution is -0.116. The van der Waals surface area contributed by atoms with Crippen molar-refractivity contribution < 1.29 is 19.2 Å². The highest BCUT2D eigenvalue weighted by Crippen LogP contribution is 2.11. The number of nitrogens with one attached hydrogen (secondary N) is 4. The third kappa shape index (κ3) is 8.52. The Balaban J connectivity index is 1.46. The van der Waals surface area contributed by atoms with Crippen LogP contribution in [0.3, 0.4) is 0 Å². The maximum atomic E-state index is 12.2. The molecule has 0 saturated heterocycles. The first-order valence-corrected chi connectivity index (χ1v) is 11.9. The smallest absolute Gasteiger partial charge is 0.271 e. The van der Waals surface area contributed by atoms with E-state index in [1.807, 2.05) is 0 Å². The van der Waals surface area contributed by atoms with Gasteiger partial charge in [-0.2, -0.15) is 10.2 Å². The van der Waals surface area contributed by atoms with Crippen LogP contribution in [0.1, 0.15) is 58.5 Å². The summed E-state index contributed by atoms with van der Waals surface area (Å²) < 4.78 is 0. The molecule has 0 heterocycles. The van der Waals surface area contributed by atoms with Crippen LogP contribution in [0.15, 0.2) is 83.0 Å². The van der Waals surface area contributed by atoms with E-state index in [-0.39, 0.29) is 23.6 Å². The number of carbonyl (C=O) groups is 4. The Morgan fingerprint density at radius 3 is 1.24 bits per heavy atom. The molecule has 0 unspecified atom stereocenters. The lowest BCUT2D eigenvalue weighted by Gasteiger charge is -2.05. The van der Waals surface area contributed by atoms with Gasteiger partial charge < -0.3 is 10.6 Å². The lowest BCUT2D eigenvalue weighted by Crippen LogP contribution is -2.18. The van der Waals surface area contributed by atoms with E-state index in [1.165, 1.54) is 12.4 Å². The van der Waals surface area contributed by atoms with E-state index in [0.29, 0.717) is 35.3 Å². The Morgan fingerprint density at radius 2 is 0.921 bits per heavy atom. The predicted molar refractivity (Wildman–Crippen MR) is 147 cm³/mol. The normalized spacial score (nSPS) is 10.8. The number of amides is 4. The number of anilines is 2. The van der Waals surface area contributed by atoms with Gasteiger partial charge in [0.2, 0.25) is 11.8 Å². The molecule has 4 N–H and O–H groups in total. The molecule has 0 aliphatic heterocycles. The fourth-order valence-corrected chi connectivity index (χ4v) is 3.04. The fourth-order valence-electron chi connectivity index (χ4n) is 3.04. The van der Waals surface area contributed by atoms with E-state index in [0.717, 1.165) is 11.1 Å². The number of rotatable bonds is 10. The SMILES string of the molecule is CCC(=O)Nc1ccc(C(=O)N/N=C/c2ccc(/C=N/NC(=O)c3ccc(NC(=O)CC)cc3)cc2)cc1. The second-order valence-electron chi connectivity index (χ2n) is 8.02. The van der Waals surface area contributed by atoms with E-state index >= 15 is 0 Å². The number of hydrazone groups is 2. The number of carbonyl (C=O) groups excluding carboxylic acids is 4. The highest BCUT2D eigenvalue weighted by atomic mass is 16.2. The Labute approximate surface area is 220 Å². The maximum Gasteiger partial charge on any atom is 0.271 e. The van der Waals surface area contributed by atoms with Gasteiger partial charge in [-0.1, -0.05) is 38.1 Å². The van der Waals surface area contributed by atoms with Crippen LogP contribution in [0.5, 0.6) is 0 Å². The van der Waals surface area contributed by atoms with Gasteiger partial charge in [0.1, 0.15) is 0 Å². The number of nitrogens with zero attached hydrogens (tertiary/aromatic N) is 2. The van der Waals surface area contributed by atoms with Crippen molar-refractivity contribution >= 4 is 47.4 Å². The molecule has 0 fully saturated rings. The molecule has 0 atom stereocenters. The molecule has 0 spiro atoms. The maximum absolute atomic E-state index is 12.2. The summed E-state index contributed by atoms with van der Waals surface area (Å²) in [4.78, 5) is 47.3. The van der Waals surface area contributed by atoms with Gasteiger partial charge in [0.05, 0.1) is 12.4 Å². The van der Waals surface area contributed by atoms with Crippen molar-refractivity contribution in [3.63, 3.8) is 0 Å². The first-order valence-electron chi connectivity index (χ1n) is 11.9. The average Bonchev–Trinajstić information content (AvgIpc) is 2.94. The Kier molecular flexibility index (Phi) is 10.00. The van der Waals surface area contributed by atoms with Crippen molar-refractivity contribution in [3.05, 3.63) is 95.1 Å². The van der Waals surface area contributed by atoms with Crippen molar-refractivity contribution in [2.45, 2.75) is 26.7 Å². The van der Waals surface area contributed by atoms with Gasteiger partial charge >= 0.3 is 0 Å². The minimum atomic E-state index is -0.380. The van der Waals surface area contributed by atoms with Gasteiger partial charge in [0.15, 0.2) is 0 Å². The number of hydrogen-bond acceptors (Lipinski definition) is 6. The van der Waals surface area contributed by atoms with Gasteiger partial charge in [-0.15, -0.1) is 0 Å². The Morgan fingerprint density at radius 1 is 0.579 bits per heavy atom. The molecule has 38 heavy (non-hydrogen) atoms. The summed E-state index contributed by atoms with van der Waals surface area (Å²) in [6, 6.07) is 20.2. The van der Waals surface area contributed by atoms with Gasteiger partial charge in [0.25, 0.3) is 11.8 Å². The van der Waals surface area contributed by atoms with E-state index in [2.05, 4.69) is 31.7 Å². The van der Waals surface area contributed by atoms with E-state index < -0.39 is 0 Å². The Hall–Kier alpha value is -5.12. The predicted octanol–water partition coefficient (Wildman–Crippen LogP) is 3.91. The minimum Gasteiger partial charge on any atom is -0.326 e. The van der Waals surface area contributed by atoms with Gasteiger partial charge in [-0.25, -0.2) is 10.9 Å². The second-order valence-corrected chi connectivity index (χ2v) is 8.02. The van der Waals surface area contributed by atoms with Crippen molar-refractivity contribution in [2.75, 3.05) is 10.6 Å². The molecular weight excluding hydrogens is 484 g/mol. The van der Waals surface area contributed by atoms with Crippen LogP contribution in [0, 0.1) is 0 Å². The molecule has 0 aromatic heterocycles. The van der Waals surface area contributed by atoms with Crippen LogP contribution < -0.4 is 21.5 Å². The first kappa shape index (κ1) is 27.5. The molecule has 3 aromatic rings. The zero-order chi connectivity index (χ0) is 27.3. The molecule has 0 saturated carbocycles.